The summed E-state index contributed by atoms with van der Waals surface area (Å²) in [5.74, 6) is 0.118. The van der Waals surface area contributed by atoms with Gasteiger partial charge in [-0.2, -0.15) is 0 Å². The van der Waals surface area contributed by atoms with Crippen molar-refractivity contribution in [3.05, 3.63) is 35.9 Å². The standard InChI is InChI=1S/C17H25NO2/c1-17(13-19)12-6-10-15(17)18-16(20)11-5-9-14-7-3-2-4-8-14/h2-4,7-8,15,19H,5-6,9-13H2,1H3,(H,18,20). The maximum atomic E-state index is 12.0. The highest BCUT2D eigenvalue weighted by Crippen LogP contribution is 2.37. The summed E-state index contributed by atoms with van der Waals surface area (Å²) >= 11 is 0. The van der Waals surface area contributed by atoms with E-state index in [0.717, 1.165) is 32.1 Å². The molecular weight excluding hydrogens is 250 g/mol. The molecule has 1 aromatic carbocycles. The lowest BCUT2D eigenvalue weighted by Crippen LogP contribution is -2.44. The molecular formula is C17H25NO2. The van der Waals surface area contributed by atoms with E-state index >= 15 is 0 Å². The molecule has 3 heteroatoms. The lowest BCUT2D eigenvalue weighted by Gasteiger charge is -2.30. The first-order valence-corrected chi connectivity index (χ1v) is 7.58. The molecule has 20 heavy (non-hydrogen) atoms. The third-order valence-electron chi connectivity index (χ3n) is 4.49. The number of aryl methyl sites for hydroxylation is 1. The minimum atomic E-state index is -0.130. The van der Waals surface area contributed by atoms with Crippen molar-refractivity contribution in [3.8, 4) is 0 Å². The highest BCUT2D eigenvalue weighted by atomic mass is 16.3. The third-order valence-corrected chi connectivity index (χ3v) is 4.49. The van der Waals surface area contributed by atoms with Gasteiger partial charge in [0.15, 0.2) is 0 Å². The van der Waals surface area contributed by atoms with Crippen LogP contribution in [0.4, 0.5) is 0 Å². The molecule has 0 bridgehead atoms. The molecule has 1 aliphatic carbocycles. The molecule has 0 spiro atoms. The van der Waals surface area contributed by atoms with E-state index in [-0.39, 0.29) is 24.0 Å². The predicted octanol–water partition coefficient (Wildman–Crippen LogP) is 2.68. The maximum absolute atomic E-state index is 12.0. The first kappa shape index (κ1) is 15.0. The Morgan fingerprint density at radius 3 is 2.85 bits per heavy atom. The van der Waals surface area contributed by atoms with Crippen LogP contribution >= 0.6 is 0 Å². The summed E-state index contributed by atoms with van der Waals surface area (Å²) in [4.78, 5) is 12.0. The number of carbonyl (C=O) groups is 1. The van der Waals surface area contributed by atoms with Crippen LogP contribution in [0.3, 0.4) is 0 Å². The first-order valence-electron chi connectivity index (χ1n) is 7.58. The number of benzene rings is 1. The van der Waals surface area contributed by atoms with Crippen molar-refractivity contribution in [2.24, 2.45) is 5.41 Å². The molecule has 0 aromatic heterocycles. The molecule has 110 valence electrons. The Labute approximate surface area is 121 Å². The third kappa shape index (κ3) is 3.83. The number of nitrogens with one attached hydrogen (secondary N) is 1. The van der Waals surface area contributed by atoms with Gasteiger partial charge in [0, 0.05) is 17.9 Å². The molecule has 3 nitrogen and oxygen atoms in total. The largest absolute Gasteiger partial charge is 0.396 e. The Balaban J connectivity index is 1.73. The van der Waals surface area contributed by atoms with Crippen LogP contribution in [-0.2, 0) is 11.2 Å². The smallest absolute Gasteiger partial charge is 0.220 e. The molecule has 1 aromatic rings. The van der Waals surface area contributed by atoms with Gasteiger partial charge >= 0.3 is 0 Å². The summed E-state index contributed by atoms with van der Waals surface area (Å²) in [6.45, 7) is 2.22. The molecule has 2 N–H and O–H groups in total. The second-order valence-electron chi connectivity index (χ2n) is 6.16. The summed E-state index contributed by atoms with van der Waals surface area (Å²) < 4.78 is 0. The Bertz CT molecular complexity index is 432. The highest BCUT2D eigenvalue weighted by molar-refractivity contribution is 5.76. The number of rotatable bonds is 6. The van der Waals surface area contributed by atoms with Gasteiger partial charge in [0.1, 0.15) is 0 Å². The Hall–Kier alpha value is -1.35. The quantitative estimate of drug-likeness (QED) is 0.838. The minimum Gasteiger partial charge on any atom is -0.396 e. The molecule has 1 amide bonds. The zero-order chi connectivity index (χ0) is 14.4. The lowest BCUT2D eigenvalue weighted by molar-refractivity contribution is -0.122. The molecule has 2 rings (SSSR count). The SMILES string of the molecule is CC1(CO)CCCC1NC(=O)CCCc1ccccc1. The molecule has 2 unspecified atom stereocenters. The normalized spacial score (nSPS) is 25.6. The van der Waals surface area contributed by atoms with Crippen LogP contribution in [-0.4, -0.2) is 23.7 Å². The van der Waals surface area contributed by atoms with Crippen LogP contribution in [0.25, 0.3) is 0 Å². The minimum absolute atomic E-state index is 0.118. The van der Waals surface area contributed by atoms with Crippen molar-refractivity contribution >= 4 is 5.91 Å². The van der Waals surface area contributed by atoms with Gasteiger partial charge < -0.3 is 10.4 Å². The molecule has 1 aliphatic rings. The van der Waals surface area contributed by atoms with Gasteiger partial charge in [-0.25, -0.2) is 0 Å². The van der Waals surface area contributed by atoms with E-state index < -0.39 is 0 Å². The molecule has 0 aliphatic heterocycles. The van der Waals surface area contributed by atoms with Crippen molar-refractivity contribution < 1.29 is 9.90 Å². The summed E-state index contributed by atoms with van der Waals surface area (Å²) in [7, 11) is 0. The number of amides is 1. The number of hydrogen-bond donors (Lipinski definition) is 2. The molecule has 1 saturated carbocycles. The van der Waals surface area contributed by atoms with Crippen molar-refractivity contribution in [1.82, 2.24) is 5.32 Å². The van der Waals surface area contributed by atoms with Crippen molar-refractivity contribution in [2.75, 3.05) is 6.61 Å². The summed E-state index contributed by atoms with van der Waals surface area (Å²) in [5, 5.41) is 12.6. The molecule has 2 atom stereocenters. The fourth-order valence-electron chi connectivity index (χ4n) is 3.03. The van der Waals surface area contributed by atoms with Gasteiger partial charge in [0.2, 0.25) is 5.91 Å². The molecule has 0 radical (unpaired) electrons. The van der Waals surface area contributed by atoms with E-state index in [1.807, 2.05) is 18.2 Å². The average molecular weight is 275 g/mol. The number of aliphatic hydroxyl groups is 1. The van der Waals surface area contributed by atoms with Gasteiger partial charge in [-0.15, -0.1) is 0 Å². The van der Waals surface area contributed by atoms with E-state index in [2.05, 4.69) is 24.4 Å². The average Bonchev–Trinajstić information content (AvgIpc) is 2.82. The van der Waals surface area contributed by atoms with Gasteiger partial charge in [-0.3, -0.25) is 4.79 Å². The number of carbonyl (C=O) groups excluding carboxylic acids is 1. The first-order chi connectivity index (χ1) is 9.64. The van der Waals surface area contributed by atoms with Crippen LogP contribution < -0.4 is 5.32 Å². The fraction of sp³-hybridized carbons (Fsp3) is 0.588. The Kier molecular flexibility index (Phi) is 5.18. The van der Waals surface area contributed by atoms with E-state index in [4.69, 9.17) is 0 Å². The van der Waals surface area contributed by atoms with Gasteiger partial charge in [0.05, 0.1) is 6.61 Å². The van der Waals surface area contributed by atoms with Gasteiger partial charge in [0.25, 0.3) is 0 Å². The Morgan fingerprint density at radius 1 is 1.40 bits per heavy atom. The zero-order valence-electron chi connectivity index (χ0n) is 12.3. The van der Waals surface area contributed by atoms with Crippen LogP contribution in [0.2, 0.25) is 0 Å². The van der Waals surface area contributed by atoms with Gasteiger partial charge in [-0.1, -0.05) is 43.7 Å². The zero-order valence-corrected chi connectivity index (χ0v) is 12.3. The molecule has 1 fully saturated rings. The van der Waals surface area contributed by atoms with E-state index in [1.165, 1.54) is 5.56 Å². The lowest BCUT2D eigenvalue weighted by atomic mass is 9.85. The van der Waals surface area contributed by atoms with Crippen LogP contribution in [0.15, 0.2) is 30.3 Å². The molecule has 0 saturated heterocycles. The fourth-order valence-corrected chi connectivity index (χ4v) is 3.03. The van der Waals surface area contributed by atoms with Crippen LogP contribution in [0.5, 0.6) is 0 Å². The second-order valence-corrected chi connectivity index (χ2v) is 6.16. The monoisotopic (exact) mass is 275 g/mol. The molecule has 0 heterocycles. The number of aliphatic hydroxyl groups excluding tert-OH is 1. The van der Waals surface area contributed by atoms with Crippen molar-refractivity contribution in [2.45, 2.75) is 51.5 Å². The summed E-state index contributed by atoms with van der Waals surface area (Å²) in [5.41, 5.74) is 1.15. The van der Waals surface area contributed by atoms with Crippen molar-refractivity contribution in [1.29, 1.82) is 0 Å². The van der Waals surface area contributed by atoms with Crippen LogP contribution in [0.1, 0.15) is 44.6 Å². The second kappa shape index (κ2) is 6.89. The van der Waals surface area contributed by atoms with Gasteiger partial charge in [-0.05, 0) is 31.2 Å². The van der Waals surface area contributed by atoms with E-state index in [1.54, 1.807) is 0 Å². The van der Waals surface area contributed by atoms with E-state index in [0.29, 0.717) is 6.42 Å². The number of hydrogen-bond acceptors (Lipinski definition) is 2. The van der Waals surface area contributed by atoms with Crippen LogP contribution in [0, 0.1) is 5.41 Å². The summed E-state index contributed by atoms with van der Waals surface area (Å²) in [6, 6.07) is 10.4. The van der Waals surface area contributed by atoms with Crippen molar-refractivity contribution in [3.63, 3.8) is 0 Å². The summed E-state index contributed by atoms with van der Waals surface area (Å²) in [6.07, 6.45) is 5.45. The topological polar surface area (TPSA) is 49.3 Å². The highest BCUT2D eigenvalue weighted by Gasteiger charge is 2.38. The van der Waals surface area contributed by atoms with E-state index in [9.17, 15) is 9.90 Å². The predicted molar refractivity (Wildman–Crippen MR) is 80.4 cm³/mol. The maximum Gasteiger partial charge on any atom is 0.220 e. The Morgan fingerprint density at radius 2 is 2.15 bits per heavy atom.